The van der Waals surface area contributed by atoms with Crippen LogP contribution in [0, 0.1) is 5.92 Å². The van der Waals surface area contributed by atoms with Gasteiger partial charge in [0, 0.05) is 23.7 Å². The fourth-order valence-electron chi connectivity index (χ4n) is 1.38. The number of hydroxylamine groups is 2. The molecule has 1 rings (SSSR count). The topological polar surface area (TPSA) is 29.5 Å². The summed E-state index contributed by atoms with van der Waals surface area (Å²) >= 11 is 1.51. The van der Waals surface area contributed by atoms with Crippen molar-refractivity contribution in [2.75, 3.05) is 25.4 Å². The van der Waals surface area contributed by atoms with Gasteiger partial charge in [-0.2, -0.15) is 5.06 Å². The van der Waals surface area contributed by atoms with Crippen molar-refractivity contribution in [2.24, 2.45) is 5.92 Å². The normalized spacial score (nSPS) is 19.0. The van der Waals surface area contributed by atoms with Crippen molar-refractivity contribution in [2.45, 2.75) is 19.8 Å². The van der Waals surface area contributed by atoms with Crippen molar-refractivity contribution >= 4 is 18.0 Å². The van der Waals surface area contributed by atoms with Gasteiger partial charge in [0.05, 0.1) is 6.61 Å². The van der Waals surface area contributed by atoms with E-state index in [0.29, 0.717) is 10.8 Å². The van der Waals surface area contributed by atoms with Crippen LogP contribution in [0.3, 0.4) is 0 Å². The van der Waals surface area contributed by atoms with Gasteiger partial charge in [-0.05, 0) is 18.8 Å². The van der Waals surface area contributed by atoms with E-state index in [4.69, 9.17) is 4.84 Å². The lowest BCUT2D eigenvalue weighted by Crippen LogP contribution is -2.23. The maximum Gasteiger partial charge on any atom is 0.155 e. The molecule has 1 fully saturated rings. The zero-order valence-corrected chi connectivity index (χ0v) is 10.1. The maximum atomic E-state index is 10.3. The van der Waals surface area contributed by atoms with Gasteiger partial charge >= 0.3 is 0 Å². The molecule has 0 radical (unpaired) electrons. The Morgan fingerprint density at radius 1 is 1.60 bits per heavy atom. The highest BCUT2D eigenvalue weighted by Gasteiger charge is 2.13. The second kappa shape index (κ2) is 7.04. The van der Waals surface area contributed by atoms with Crippen LogP contribution in [0.5, 0.6) is 0 Å². The molecule has 0 N–H and O–H groups in total. The minimum atomic E-state index is 0.451. The second-order valence-electron chi connectivity index (χ2n) is 3.93. The lowest BCUT2D eigenvalue weighted by Gasteiger charge is -2.18. The van der Waals surface area contributed by atoms with Gasteiger partial charge in [-0.25, -0.2) is 0 Å². The van der Waals surface area contributed by atoms with Crippen LogP contribution in [0.1, 0.15) is 19.8 Å². The third kappa shape index (κ3) is 5.35. The van der Waals surface area contributed by atoms with Gasteiger partial charge in [0.15, 0.2) is 6.29 Å². The van der Waals surface area contributed by atoms with E-state index < -0.39 is 0 Å². The van der Waals surface area contributed by atoms with Crippen molar-refractivity contribution in [1.29, 1.82) is 0 Å². The number of carbonyl (C=O) groups is 1. The molecule has 0 saturated carbocycles. The first-order chi connectivity index (χ1) is 7.22. The fourth-order valence-corrected chi connectivity index (χ4v) is 2.04. The molecule has 1 atom stereocenters. The summed E-state index contributed by atoms with van der Waals surface area (Å²) in [4.78, 5) is 16.6. The lowest BCUT2D eigenvalue weighted by atomic mass is 10.2. The predicted molar refractivity (Wildman–Crippen MR) is 63.6 cm³/mol. The molecule has 1 heterocycles. The number of hydrogen-bond acceptors (Lipinski definition) is 4. The van der Waals surface area contributed by atoms with E-state index in [9.17, 15) is 4.79 Å². The molecule has 86 valence electrons. The molecule has 1 unspecified atom stereocenters. The highest BCUT2D eigenvalue weighted by Crippen LogP contribution is 2.16. The van der Waals surface area contributed by atoms with Gasteiger partial charge < -0.3 is 0 Å². The van der Waals surface area contributed by atoms with Gasteiger partial charge in [-0.15, -0.1) is 11.8 Å². The predicted octanol–water partition coefficient (Wildman–Crippen LogP) is 2.10. The van der Waals surface area contributed by atoms with Gasteiger partial charge in [0.1, 0.15) is 0 Å². The van der Waals surface area contributed by atoms with Crippen molar-refractivity contribution in [3.63, 3.8) is 0 Å². The molecule has 0 amide bonds. The lowest BCUT2D eigenvalue weighted by molar-refractivity contribution is -0.150. The third-order valence-corrected chi connectivity index (χ3v) is 3.49. The number of hydrogen-bond donors (Lipinski definition) is 0. The minimum Gasteiger partial charge on any atom is -0.299 e. The van der Waals surface area contributed by atoms with E-state index in [-0.39, 0.29) is 0 Å². The summed E-state index contributed by atoms with van der Waals surface area (Å²) in [5, 5.41) is 2.04. The van der Waals surface area contributed by atoms with Crippen molar-refractivity contribution in [3.05, 3.63) is 11.5 Å². The number of allylic oxidation sites excluding steroid dienone is 1. The first-order valence-corrected chi connectivity index (χ1v) is 6.35. The number of rotatable bonds is 7. The van der Waals surface area contributed by atoms with Crippen LogP contribution in [0.15, 0.2) is 11.5 Å². The first kappa shape index (κ1) is 12.7. The van der Waals surface area contributed by atoms with Gasteiger partial charge in [0.2, 0.25) is 0 Å². The average molecular weight is 229 g/mol. The molecule has 3 nitrogen and oxygen atoms in total. The summed E-state index contributed by atoms with van der Waals surface area (Å²) in [6.07, 6.45) is 3.29. The van der Waals surface area contributed by atoms with Crippen LogP contribution in [0.4, 0.5) is 0 Å². The molecule has 0 spiro atoms. The van der Waals surface area contributed by atoms with E-state index in [1.54, 1.807) is 0 Å². The SMILES string of the molecule is C=C(C=O)SCC(C)CON1CCCC1. The van der Waals surface area contributed by atoms with Crippen molar-refractivity contribution in [3.8, 4) is 0 Å². The van der Waals surface area contributed by atoms with E-state index >= 15 is 0 Å². The van der Waals surface area contributed by atoms with Crippen molar-refractivity contribution < 1.29 is 9.63 Å². The molecule has 1 aliphatic rings. The van der Waals surface area contributed by atoms with E-state index in [2.05, 4.69) is 13.5 Å². The molecule has 0 bridgehead atoms. The molecular weight excluding hydrogens is 210 g/mol. The maximum absolute atomic E-state index is 10.3. The Hall–Kier alpha value is -0.320. The zero-order valence-electron chi connectivity index (χ0n) is 9.28. The third-order valence-electron chi connectivity index (χ3n) is 2.29. The first-order valence-electron chi connectivity index (χ1n) is 5.37. The Morgan fingerprint density at radius 2 is 2.27 bits per heavy atom. The van der Waals surface area contributed by atoms with E-state index in [1.165, 1.54) is 24.6 Å². The smallest absolute Gasteiger partial charge is 0.155 e. The van der Waals surface area contributed by atoms with Gasteiger partial charge in [0.25, 0.3) is 0 Å². The number of thioether (sulfide) groups is 1. The van der Waals surface area contributed by atoms with E-state index in [1.807, 2.05) is 5.06 Å². The Bertz CT molecular complexity index is 215. The Morgan fingerprint density at radius 3 is 2.87 bits per heavy atom. The molecular formula is C11H19NO2S. The van der Waals surface area contributed by atoms with Crippen LogP contribution in [-0.4, -0.2) is 36.8 Å². The van der Waals surface area contributed by atoms with Gasteiger partial charge in [-0.1, -0.05) is 13.5 Å². The van der Waals surface area contributed by atoms with Crippen LogP contribution < -0.4 is 0 Å². The summed E-state index contributed by atoms with van der Waals surface area (Å²) < 4.78 is 0. The summed E-state index contributed by atoms with van der Waals surface area (Å²) in [7, 11) is 0. The minimum absolute atomic E-state index is 0.451. The standard InChI is InChI=1S/C11H19NO2S/c1-10(9-15-11(2)7-13)8-14-12-5-3-4-6-12/h7,10H,2-6,8-9H2,1H3. The van der Waals surface area contributed by atoms with Crippen LogP contribution >= 0.6 is 11.8 Å². The molecule has 0 aromatic heterocycles. The monoisotopic (exact) mass is 229 g/mol. The molecule has 15 heavy (non-hydrogen) atoms. The van der Waals surface area contributed by atoms with Gasteiger partial charge in [-0.3, -0.25) is 9.63 Å². The summed E-state index contributed by atoms with van der Waals surface area (Å²) in [6, 6.07) is 0. The Balaban J connectivity index is 2.04. The number of aldehydes is 1. The number of nitrogens with zero attached hydrogens (tertiary/aromatic N) is 1. The Labute approximate surface area is 95.8 Å². The summed E-state index contributed by atoms with van der Waals surface area (Å²) in [5.74, 6) is 1.35. The summed E-state index contributed by atoms with van der Waals surface area (Å²) in [6.45, 7) is 8.60. The fraction of sp³-hybridized carbons (Fsp3) is 0.727. The number of carbonyl (C=O) groups excluding carboxylic acids is 1. The highest BCUT2D eigenvalue weighted by molar-refractivity contribution is 8.03. The zero-order chi connectivity index (χ0) is 11.1. The van der Waals surface area contributed by atoms with Crippen LogP contribution in [0.25, 0.3) is 0 Å². The van der Waals surface area contributed by atoms with E-state index in [0.717, 1.165) is 31.7 Å². The average Bonchev–Trinajstić information content (AvgIpc) is 2.75. The van der Waals surface area contributed by atoms with Crippen LogP contribution in [0.2, 0.25) is 0 Å². The van der Waals surface area contributed by atoms with Crippen molar-refractivity contribution in [1.82, 2.24) is 5.06 Å². The summed E-state index contributed by atoms with van der Waals surface area (Å²) in [5.41, 5.74) is 0. The quantitative estimate of drug-likeness (QED) is 0.494. The highest BCUT2D eigenvalue weighted by atomic mass is 32.2. The van der Waals surface area contributed by atoms with Crippen LogP contribution in [-0.2, 0) is 9.63 Å². The molecule has 1 saturated heterocycles. The largest absolute Gasteiger partial charge is 0.299 e. The molecule has 0 aliphatic carbocycles. The molecule has 4 heteroatoms. The molecule has 0 aromatic rings. The Kier molecular flexibility index (Phi) is 5.98. The molecule has 1 aliphatic heterocycles. The molecule has 0 aromatic carbocycles. The second-order valence-corrected chi connectivity index (χ2v) is 5.08.